The zero-order valence-electron chi connectivity index (χ0n) is 14.8. The number of rotatable bonds is 5. The van der Waals surface area contributed by atoms with Crippen LogP contribution in [0.3, 0.4) is 0 Å². The highest BCUT2D eigenvalue weighted by molar-refractivity contribution is 6.10. The van der Waals surface area contributed by atoms with Crippen LogP contribution in [0, 0.1) is 23.2 Å². The zero-order valence-corrected chi connectivity index (χ0v) is 14.8. The molecular weight excluding hydrogens is 300 g/mol. The van der Waals surface area contributed by atoms with Gasteiger partial charge in [-0.05, 0) is 57.7 Å². The normalized spacial score (nSPS) is 26.0. The molecule has 2 fully saturated rings. The number of benzene rings is 1. The average Bonchev–Trinajstić information content (AvgIpc) is 3.15. The van der Waals surface area contributed by atoms with Gasteiger partial charge in [-0.15, -0.1) is 0 Å². The first-order valence-corrected chi connectivity index (χ1v) is 8.81. The van der Waals surface area contributed by atoms with Crippen LogP contribution in [0.25, 0.3) is 0 Å². The summed E-state index contributed by atoms with van der Waals surface area (Å²) < 4.78 is 0. The molecule has 4 N–H and O–H groups in total. The standard InChI is InChI=1S/C19H28N4O/c1-19(2,17(20)15-6-4-5-7-16(15)21-3)23-18(24)12-8-13-10-22-11-14(13)9-12/h4-7,12-14,20-22H,8-11H2,1-3H3,(H,23,24)/t12-,13+,14-. The maximum Gasteiger partial charge on any atom is 0.223 e. The van der Waals surface area contributed by atoms with E-state index in [0.717, 1.165) is 37.2 Å². The van der Waals surface area contributed by atoms with Gasteiger partial charge in [-0.1, -0.05) is 18.2 Å². The number of amides is 1. The van der Waals surface area contributed by atoms with Crippen molar-refractivity contribution in [3.63, 3.8) is 0 Å². The minimum Gasteiger partial charge on any atom is -0.388 e. The molecule has 5 heteroatoms. The van der Waals surface area contributed by atoms with Gasteiger partial charge in [0.15, 0.2) is 0 Å². The molecule has 0 unspecified atom stereocenters. The maximum atomic E-state index is 12.7. The highest BCUT2D eigenvalue weighted by Gasteiger charge is 2.41. The molecule has 1 aromatic carbocycles. The molecule has 130 valence electrons. The lowest BCUT2D eigenvalue weighted by Gasteiger charge is -2.30. The summed E-state index contributed by atoms with van der Waals surface area (Å²) in [5.74, 6) is 1.48. The van der Waals surface area contributed by atoms with Crippen molar-refractivity contribution in [2.24, 2.45) is 17.8 Å². The molecule has 1 aromatic rings. The molecule has 1 saturated heterocycles. The molecule has 1 amide bonds. The lowest BCUT2D eigenvalue weighted by molar-refractivity contribution is -0.126. The summed E-state index contributed by atoms with van der Waals surface area (Å²) in [6.07, 6.45) is 1.94. The number of carbonyl (C=O) groups is 1. The number of para-hydroxylation sites is 1. The van der Waals surface area contributed by atoms with Crippen molar-refractivity contribution in [2.75, 3.05) is 25.5 Å². The fourth-order valence-electron chi connectivity index (χ4n) is 4.11. The van der Waals surface area contributed by atoms with Crippen molar-refractivity contribution in [2.45, 2.75) is 32.2 Å². The first-order chi connectivity index (χ1) is 11.4. The molecule has 1 aliphatic carbocycles. The molecule has 5 nitrogen and oxygen atoms in total. The van der Waals surface area contributed by atoms with E-state index in [-0.39, 0.29) is 11.8 Å². The second kappa shape index (κ2) is 6.55. The van der Waals surface area contributed by atoms with E-state index in [4.69, 9.17) is 5.41 Å². The summed E-state index contributed by atoms with van der Waals surface area (Å²) >= 11 is 0. The highest BCUT2D eigenvalue weighted by atomic mass is 16.2. The Bertz CT molecular complexity index is 628. The predicted molar refractivity (Wildman–Crippen MR) is 97.6 cm³/mol. The maximum absolute atomic E-state index is 12.7. The van der Waals surface area contributed by atoms with Crippen LogP contribution in [-0.4, -0.2) is 37.3 Å². The van der Waals surface area contributed by atoms with Gasteiger partial charge in [-0.3, -0.25) is 4.79 Å². The van der Waals surface area contributed by atoms with Crippen LogP contribution in [0.1, 0.15) is 32.3 Å². The van der Waals surface area contributed by atoms with Crippen LogP contribution in [0.2, 0.25) is 0 Å². The molecule has 0 radical (unpaired) electrons. The first kappa shape index (κ1) is 17.0. The van der Waals surface area contributed by atoms with Gasteiger partial charge in [0, 0.05) is 24.2 Å². The van der Waals surface area contributed by atoms with E-state index in [1.807, 2.05) is 45.2 Å². The summed E-state index contributed by atoms with van der Waals surface area (Å²) in [6.45, 7) is 5.92. The Balaban J connectivity index is 1.69. The lowest BCUT2D eigenvalue weighted by Crippen LogP contribution is -2.51. The molecule has 1 saturated carbocycles. The van der Waals surface area contributed by atoms with Crippen molar-refractivity contribution >= 4 is 17.3 Å². The molecule has 0 bridgehead atoms. The fraction of sp³-hybridized carbons (Fsp3) is 0.579. The minimum atomic E-state index is -0.694. The molecular formula is C19H28N4O. The van der Waals surface area contributed by atoms with Gasteiger partial charge in [-0.2, -0.15) is 0 Å². The SMILES string of the molecule is CNc1ccccc1C(=N)C(C)(C)NC(=O)[C@@H]1C[C@H]2CNC[C@H]2C1. The van der Waals surface area contributed by atoms with Gasteiger partial charge in [0.2, 0.25) is 5.91 Å². The van der Waals surface area contributed by atoms with Gasteiger partial charge in [0.05, 0.1) is 11.3 Å². The number of hydrogen-bond donors (Lipinski definition) is 4. The smallest absolute Gasteiger partial charge is 0.223 e. The van der Waals surface area contributed by atoms with Crippen molar-refractivity contribution < 1.29 is 4.79 Å². The van der Waals surface area contributed by atoms with E-state index in [2.05, 4.69) is 16.0 Å². The van der Waals surface area contributed by atoms with Gasteiger partial charge in [0.1, 0.15) is 0 Å². The van der Waals surface area contributed by atoms with Crippen LogP contribution in [0.4, 0.5) is 5.69 Å². The topological polar surface area (TPSA) is 77.0 Å². The third kappa shape index (κ3) is 3.18. The summed E-state index contributed by atoms with van der Waals surface area (Å²) in [6, 6.07) is 7.74. The van der Waals surface area contributed by atoms with Crippen LogP contribution in [0.5, 0.6) is 0 Å². The van der Waals surface area contributed by atoms with Gasteiger partial charge < -0.3 is 21.4 Å². The van der Waals surface area contributed by atoms with Crippen molar-refractivity contribution in [3.05, 3.63) is 29.8 Å². The van der Waals surface area contributed by atoms with E-state index in [1.54, 1.807) is 0 Å². The molecule has 24 heavy (non-hydrogen) atoms. The number of anilines is 1. The Hall–Kier alpha value is -1.88. The molecule has 2 aliphatic rings. The quantitative estimate of drug-likeness (QED) is 0.626. The summed E-state index contributed by atoms with van der Waals surface area (Å²) in [5, 5.41) is 18.3. The molecule has 3 rings (SSSR count). The summed E-state index contributed by atoms with van der Waals surface area (Å²) in [4.78, 5) is 12.7. The first-order valence-electron chi connectivity index (χ1n) is 8.81. The van der Waals surface area contributed by atoms with Crippen LogP contribution in [0.15, 0.2) is 24.3 Å². The Morgan fingerprint density at radius 3 is 2.46 bits per heavy atom. The van der Waals surface area contributed by atoms with Crippen molar-refractivity contribution in [1.29, 1.82) is 5.41 Å². The van der Waals surface area contributed by atoms with Crippen molar-refractivity contribution in [3.8, 4) is 0 Å². The third-order valence-corrected chi connectivity index (χ3v) is 5.55. The monoisotopic (exact) mass is 328 g/mol. The Kier molecular flexibility index (Phi) is 4.63. The Morgan fingerprint density at radius 2 is 1.83 bits per heavy atom. The summed E-state index contributed by atoms with van der Waals surface area (Å²) in [5.41, 5.74) is 1.48. The van der Waals surface area contributed by atoms with Crippen LogP contribution >= 0.6 is 0 Å². The van der Waals surface area contributed by atoms with E-state index in [0.29, 0.717) is 17.5 Å². The molecule has 0 aromatic heterocycles. The van der Waals surface area contributed by atoms with E-state index in [1.165, 1.54) is 0 Å². The number of carbonyl (C=O) groups excluding carboxylic acids is 1. The van der Waals surface area contributed by atoms with Gasteiger partial charge >= 0.3 is 0 Å². The molecule has 3 atom stereocenters. The van der Waals surface area contributed by atoms with Gasteiger partial charge in [-0.25, -0.2) is 0 Å². The second-order valence-corrected chi connectivity index (χ2v) is 7.63. The zero-order chi connectivity index (χ0) is 17.3. The molecule has 0 spiro atoms. The van der Waals surface area contributed by atoms with E-state index in [9.17, 15) is 4.79 Å². The van der Waals surface area contributed by atoms with E-state index >= 15 is 0 Å². The average molecular weight is 328 g/mol. The predicted octanol–water partition coefficient (Wildman–Crippen LogP) is 2.24. The molecule has 1 heterocycles. The van der Waals surface area contributed by atoms with E-state index < -0.39 is 5.54 Å². The number of nitrogens with one attached hydrogen (secondary N) is 4. The second-order valence-electron chi connectivity index (χ2n) is 7.63. The summed E-state index contributed by atoms with van der Waals surface area (Å²) in [7, 11) is 1.85. The van der Waals surface area contributed by atoms with Crippen molar-refractivity contribution in [1.82, 2.24) is 10.6 Å². The lowest BCUT2D eigenvalue weighted by atomic mass is 9.90. The Morgan fingerprint density at radius 1 is 1.21 bits per heavy atom. The number of fused-ring (bicyclic) bond motifs is 1. The van der Waals surface area contributed by atoms with Crippen LogP contribution in [-0.2, 0) is 4.79 Å². The fourth-order valence-corrected chi connectivity index (χ4v) is 4.11. The largest absolute Gasteiger partial charge is 0.388 e. The minimum absolute atomic E-state index is 0.0914. The molecule has 1 aliphatic heterocycles. The van der Waals surface area contributed by atoms with Gasteiger partial charge in [0.25, 0.3) is 0 Å². The van der Waals surface area contributed by atoms with Crippen LogP contribution < -0.4 is 16.0 Å². The number of hydrogen-bond acceptors (Lipinski definition) is 4. The highest BCUT2D eigenvalue weighted by Crippen LogP contribution is 2.38. The Labute approximate surface area is 144 Å². The third-order valence-electron chi connectivity index (χ3n) is 5.55.